The number of amides is 2. The van der Waals surface area contributed by atoms with E-state index in [1.54, 1.807) is 18.2 Å². The highest BCUT2D eigenvalue weighted by Gasteiger charge is 2.29. The summed E-state index contributed by atoms with van der Waals surface area (Å²) in [6.45, 7) is 0.742. The lowest BCUT2D eigenvalue weighted by molar-refractivity contribution is -0.132. The maximum absolute atomic E-state index is 13.0. The van der Waals surface area contributed by atoms with Crippen molar-refractivity contribution < 1.29 is 18.7 Å². The third-order valence-electron chi connectivity index (χ3n) is 4.42. The number of rotatable bonds is 6. The predicted molar refractivity (Wildman–Crippen MR) is 99.6 cm³/mol. The quantitative estimate of drug-likeness (QED) is 0.726. The molecule has 7 heteroatoms. The Morgan fingerprint density at radius 1 is 1.15 bits per heavy atom. The molecule has 0 bridgehead atoms. The van der Waals surface area contributed by atoms with Crippen molar-refractivity contribution in [3.05, 3.63) is 65.5 Å². The van der Waals surface area contributed by atoms with Gasteiger partial charge in [-0.3, -0.25) is 9.59 Å². The van der Waals surface area contributed by atoms with Crippen LogP contribution in [0.2, 0.25) is 0 Å². The number of carbonyl (C=O) groups is 2. The molecule has 1 heterocycles. The van der Waals surface area contributed by atoms with E-state index in [-0.39, 0.29) is 17.9 Å². The molecule has 1 aliphatic rings. The van der Waals surface area contributed by atoms with Crippen molar-refractivity contribution in [3.63, 3.8) is 0 Å². The first-order valence-electron chi connectivity index (χ1n) is 8.84. The SMILES string of the molecule is NC[C@H]1CC[C@@H](C(=O)NCc2cccc(NC(=O)c3ccc(F)cc3)c2)O1. The molecule has 0 saturated carbocycles. The van der Waals surface area contributed by atoms with Crippen molar-refractivity contribution in [1.29, 1.82) is 0 Å². The molecule has 2 atom stereocenters. The van der Waals surface area contributed by atoms with Gasteiger partial charge in [-0.2, -0.15) is 0 Å². The van der Waals surface area contributed by atoms with Gasteiger partial charge in [0.2, 0.25) is 5.91 Å². The molecule has 4 N–H and O–H groups in total. The topological polar surface area (TPSA) is 93.5 Å². The summed E-state index contributed by atoms with van der Waals surface area (Å²) in [6, 6.07) is 12.5. The second kappa shape index (κ2) is 8.75. The van der Waals surface area contributed by atoms with E-state index in [1.807, 2.05) is 6.07 Å². The van der Waals surface area contributed by atoms with Crippen molar-refractivity contribution in [2.24, 2.45) is 5.73 Å². The Hall–Kier alpha value is -2.77. The molecular weight excluding hydrogens is 349 g/mol. The third kappa shape index (κ3) is 5.12. The second-order valence-electron chi connectivity index (χ2n) is 6.44. The zero-order chi connectivity index (χ0) is 19.2. The number of hydrogen-bond acceptors (Lipinski definition) is 4. The molecule has 0 aromatic heterocycles. The van der Waals surface area contributed by atoms with Crippen LogP contribution in [0.1, 0.15) is 28.8 Å². The minimum Gasteiger partial charge on any atom is -0.364 e. The van der Waals surface area contributed by atoms with Crippen LogP contribution in [0.4, 0.5) is 10.1 Å². The van der Waals surface area contributed by atoms with Crippen LogP contribution in [0, 0.1) is 5.82 Å². The average molecular weight is 371 g/mol. The number of ether oxygens (including phenoxy) is 1. The summed E-state index contributed by atoms with van der Waals surface area (Å²) in [4.78, 5) is 24.4. The Morgan fingerprint density at radius 2 is 1.93 bits per heavy atom. The van der Waals surface area contributed by atoms with E-state index in [4.69, 9.17) is 10.5 Å². The highest BCUT2D eigenvalue weighted by Crippen LogP contribution is 2.19. The maximum Gasteiger partial charge on any atom is 0.255 e. The van der Waals surface area contributed by atoms with Gasteiger partial charge in [-0.25, -0.2) is 4.39 Å². The molecule has 142 valence electrons. The highest BCUT2D eigenvalue weighted by atomic mass is 19.1. The van der Waals surface area contributed by atoms with Crippen molar-refractivity contribution in [3.8, 4) is 0 Å². The molecule has 27 heavy (non-hydrogen) atoms. The van der Waals surface area contributed by atoms with Gasteiger partial charge in [0.15, 0.2) is 0 Å². The molecule has 0 aliphatic carbocycles. The van der Waals surface area contributed by atoms with E-state index in [0.29, 0.717) is 30.8 Å². The van der Waals surface area contributed by atoms with Gasteiger partial charge in [0.25, 0.3) is 5.91 Å². The molecule has 1 saturated heterocycles. The van der Waals surface area contributed by atoms with Crippen LogP contribution in [0.15, 0.2) is 48.5 Å². The van der Waals surface area contributed by atoms with Crippen molar-refractivity contribution in [1.82, 2.24) is 5.32 Å². The summed E-state index contributed by atoms with van der Waals surface area (Å²) >= 11 is 0. The Balaban J connectivity index is 1.55. The van der Waals surface area contributed by atoms with E-state index >= 15 is 0 Å². The lowest BCUT2D eigenvalue weighted by atomic mass is 10.1. The zero-order valence-corrected chi connectivity index (χ0v) is 14.8. The second-order valence-corrected chi connectivity index (χ2v) is 6.44. The van der Waals surface area contributed by atoms with Gasteiger partial charge in [0, 0.05) is 24.3 Å². The van der Waals surface area contributed by atoms with Crippen LogP contribution >= 0.6 is 0 Å². The number of nitrogens with two attached hydrogens (primary N) is 1. The lowest BCUT2D eigenvalue weighted by Crippen LogP contribution is -2.35. The molecular formula is C20H22FN3O3. The molecule has 1 fully saturated rings. The number of hydrogen-bond donors (Lipinski definition) is 3. The van der Waals surface area contributed by atoms with Gasteiger partial charge >= 0.3 is 0 Å². The molecule has 0 radical (unpaired) electrons. The predicted octanol–water partition coefficient (Wildman–Crippen LogP) is 2.20. The molecule has 2 aromatic rings. The summed E-state index contributed by atoms with van der Waals surface area (Å²) in [5.41, 5.74) is 7.36. The monoisotopic (exact) mass is 371 g/mol. The van der Waals surface area contributed by atoms with Crippen molar-refractivity contribution in [2.45, 2.75) is 31.6 Å². The van der Waals surface area contributed by atoms with Gasteiger partial charge in [0.05, 0.1) is 6.10 Å². The van der Waals surface area contributed by atoms with Crippen LogP contribution in [0.3, 0.4) is 0 Å². The summed E-state index contributed by atoms with van der Waals surface area (Å²) < 4.78 is 18.5. The third-order valence-corrected chi connectivity index (χ3v) is 4.42. The Labute approximate surface area is 156 Å². The molecule has 2 amide bonds. The zero-order valence-electron chi connectivity index (χ0n) is 14.8. The van der Waals surface area contributed by atoms with Crippen molar-refractivity contribution >= 4 is 17.5 Å². The standard InChI is InChI=1S/C20H22FN3O3/c21-15-6-4-14(5-7-15)19(25)24-16-3-1-2-13(10-16)12-23-20(26)18-9-8-17(11-22)27-18/h1-7,10,17-18H,8-9,11-12,22H2,(H,23,26)(H,24,25)/t17-,18+/m1/s1. The first-order chi connectivity index (χ1) is 13.0. The van der Waals surface area contributed by atoms with Gasteiger partial charge in [0.1, 0.15) is 11.9 Å². The lowest BCUT2D eigenvalue weighted by Gasteiger charge is -2.13. The fourth-order valence-corrected chi connectivity index (χ4v) is 2.94. The van der Waals surface area contributed by atoms with Crippen LogP contribution in [0.5, 0.6) is 0 Å². The van der Waals surface area contributed by atoms with Gasteiger partial charge < -0.3 is 21.1 Å². The summed E-state index contributed by atoms with van der Waals surface area (Å²) in [7, 11) is 0. The fourth-order valence-electron chi connectivity index (χ4n) is 2.94. The number of nitrogens with one attached hydrogen (secondary N) is 2. The minimum atomic E-state index is -0.458. The molecule has 0 spiro atoms. The first kappa shape index (κ1) is 19.0. The molecule has 6 nitrogen and oxygen atoms in total. The molecule has 1 aliphatic heterocycles. The van der Waals surface area contributed by atoms with Crippen LogP contribution in [-0.2, 0) is 16.1 Å². The molecule has 2 aromatic carbocycles. The summed E-state index contributed by atoms with van der Waals surface area (Å²) in [6.07, 6.45) is 0.951. The van der Waals surface area contributed by atoms with Crippen LogP contribution in [-0.4, -0.2) is 30.6 Å². The fraction of sp³-hybridized carbons (Fsp3) is 0.300. The average Bonchev–Trinajstić information content (AvgIpc) is 3.16. The van der Waals surface area contributed by atoms with Gasteiger partial charge in [-0.1, -0.05) is 12.1 Å². The van der Waals surface area contributed by atoms with E-state index in [0.717, 1.165) is 12.0 Å². The smallest absolute Gasteiger partial charge is 0.255 e. The largest absolute Gasteiger partial charge is 0.364 e. The number of halogens is 1. The summed E-state index contributed by atoms with van der Waals surface area (Å²) in [5, 5.41) is 5.61. The summed E-state index contributed by atoms with van der Waals surface area (Å²) in [5.74, 6) is -0.886. The number of anilines is 1. The van der Waals surface area contributed by atoms with Crippen molar-refractivity contribution in [2.75, 3.05) is 11.9 Å². The highest BCUT2D eigenvalue weighted by molar-refractivity contribution is 6.04. The Kier molecular flexibility index (Phi) is 6.16. The van der Waals surface area contributed by atoms with E-state index in [1.165, 1.54) is 24.3 Å². The van der Waals surface area contributed by atoms with Gasteiger partial charge in [-0.05, 0) is 54.8 Å². The number of carbonyl (C=O) groups excluding carboxylic acids is 2. The van der Waals surface area contributed by atoms with Gasteiger partial charge in [-0.15, -0.1) is 0 Å². The number of benzene rings is 2. The van der Waals surface area contributed by atoms with Crippen LogP contribution in [0.25, 0.3) is 0 Å². The minimum absolute atomic E-state index is 0.0502. The van der Waals surface area contributed by atoms with E-state index < -0.39 is 11.9 Å². The Morgan fingerprint density at radius 3 is 2.63 bits per heavy atom. The normalized spacial score (nSPS) is 18.9. The maximum atomic E-state index is 13.0. The van der Waals surface area contributed by atoms with Crippen LogP contribution < -0.4 is 16.4 Å². The Bertz CT molecular complexity index is 810. The molecule has 0 unspecified atom stereocenters. The van der Waals surface area contributed by atoms with E-state index in [9.17, 15) is 14.0 Å². The molecule has 3 rings (SSSR count). The first-order valence-corrected chi connectivity index (χ1v) is 8.84. The van der Waals surface area contributed by atoms with E-state index in [2.05, 4.69) is 10.6 Å².